The quantitative estimate of drug-likeness (QED) is 0.672. The molecule has 0 aromatic carbocycles. The van der Waals surface area contributed by atoms with E-state index in [4.69, 9.17) is 0 Å². The first kappa shape index (κ1) is 12.9. The van der Waals surface area contributed by atoms with Crippen LogP contribution in [0.25, 0.3) is 0 Å². The minimum atomic E-state index is 0.160. The van der Waals surface area contributed by atoms with Gasteiger partial charge in [0.15, 0.2) is 0 Å². The van der Waals surface area contributed by atoms with Crippen LogP contribution in [0.3, 0.4) is 0 Å². The van der Waals surface area contributed by atoms with Crippen molar-refractivity contribution in [1.29, 1.82) is 0 Å². The Morgan fingerprint density at radius 3 is 2.24 bits per heavy atom. The highest BCUT2D eigenvalue weighted by molar-refractivity contribution is 5.79. The van der Waals surface area contributed by atoms with Crippen LogP contribution in [0.5, 0.6) is 0 Å². The van der Waals surface area contributed by atoms with Crippen molar-refractivity contribution < 1.29 is 9.28 Å². The molecule has 3 heteroatoms. The lowest BCUT2D eigenvalue weighted by atomic mass is 9.71. The van der Waals surface area contributed by atoms with E-state index in [9.17, 15) is 4.79 Å². The minimum absolute atomic E-state index is 0.160. The summed E-state index contributed by atoms with van der Waals surface area (Å²) >= 11 is 0. The molecule has 0 aliphatic carbocycles. The van der Waals surface area contributed by atoms with E-state index < -0.39 is 0 Å². The predicted octanol–water partition coefficient (Wildman–Crippen LogP) is 1.73. The SMILES string of the molecule is CC[N+]1(C)CCC2(CC1)CN(C(=O)C(C)C)C2. The van der Waals surface area contributed by atoms with Crippen LogP contribution in [0, 0.1) is 11.3 Å². The van der Waals surface area contributed by atoms with Crippen LogP contribution in [0.1, 0.15) is 33.6 Å². The molecule has 2 aliphatic rings. The van der Waals surface area contributed by atoms with Crippen LogP contribution >= 0.6 is 0 Å². The van der Waals surface area contributed by atoms with E-state index in [0.29, 0.717) is 11.3 Å². The summed E-state index contributed by atoms with van der Waals surface area (Å²) in [6, 6.07) is 0. The van der Waals surface area contributed by atoms with Gasteiger partial charge in [0.05, 0.1) is 26.7 Å². The molecule has 2 fully saturated rings. The zero-order chi connectivity index (χ0) is 12.7. The van der Waals surface area contributed by atoms with Crippen molar-refractivity contribution in [2.45, 2.75) is 33.6 Å². The fourth-order valence-corrected chi connectivity index (χ4v) is 3.17. The van der Waals surface area contributed by atoms with Crippen molar-refractivity contribution >= 4 is 5.91 Å². The first-order valence-electron chi connectivity index (χ1n) is 7.02. The van der Waals surface area contributed by atoms with Crippen LogP contribution in [-0.4, -0.2) is 55.1 Å². The van der Waals surface area contributed by atoms with Crippen molar-refractivity contribution in [2.75, 3.05) is 39.8 Å². The average Bonchev–Trinajstić information content (AvgIpc) is 2.26. The molecule has 2 heterocycles. The van der Waals surface area contributed by atoms with Gasteiger partial charge in [-0.05, 0) is 6.92 Å². The fourth-order valence-electron chi connectivity index (χ4n) is 3.17. The third-order valence-electron chi connectivity index (χ3n) is 4.99. The molecule has 2 saturated heterocycles. The molecule has 98 valence electrons. The molecule has 0 unspecified atom stereocenters. The lowest BCUT2D eigenvalue weighted by molar-refractivity contribution is -0.915. The van der Waals surface area contributed by atoms with Gasteiger partial charge in [-0.25, -0.2) is 0 Å². The predicted molar refractivity (Wildman–Crippen MR) is 69.5 cm³/mol. The number of amides is 1. The molecule has 2 aliphatic heterocycles. The molecular formula is C14H27N2O+. The minimum Gasteiger partial charge on any atom is -0.341 e. The Morgan fingerprint density at radius 2 is 1.82 bits per heavy atom. The third kappa shape index (κ3) is 2.35. The Labute approximate surface area is 105 Å². The van der Waals surface area contributed by atoms with Gasteiger partial charge in [0.25, 0.3) is 0 Å². The summed E-state index contributed by atoms with van der Waals surface area (Å²) in [5, 5.41) is 0. The van der Waals surface area contributed by atoms with Gasteiger partial charge in [0.2, 0.25) is 5.91 Å². The van der Waals surface area contributed by atoms with Crippen molar-refractivity contribution in [1.82, 2.24) is 4.90 Å². The number of rotatable bonds is 2. The second-order valence-corrected chi connectivity index (χ2v) is 6.73. The normalized spacial score (nSPS) is 26.1. The van der Waals surface area contributed by atoms with E-state index in [-0.39, 0.29) is 5.92 Å². The second kappa shape index (κ2) is 4.27. The van der Waals surface area contributed by atoms with Gasteiger partial charge in [-0.1, -0.05) is 13.8 Å². The summed E-state index contributed by atoms with van der Waals surface area (Å²) in [7, 11) is 2.36. The lowest BCUT2D eigenvalue weighted by Gasteiger charge is -2.55. The molecule has 0 saturated carbocycles. The van der Waals surface area contributed by atoms with E-state index in [2.05, 4.69) is 18.9 Å². The Kier molecular flexibility index (Phi) is 3.23. The number of hydrogen-bond acceptors (Lipinski definition) is 1. The topological polar surface area (TPSA) is 20.3 Å². The maximum Gasteiger partial charge on any atom is 0.225 e. The van der Waals surface area contributed by atoms with Crippen LogP contribution in [0.15, 0.2) is 0 Å². The molecule has 17 heavy (non-hydrogen) atoms. The fraction of sp³-hybridized carbons (Fsp3) is 0.929. The maximum absolute atomic E-state index is 11.9. The summed E-state index contributed by atoms with van der Waals surface area (Å²) in [6.07, 6.45) is 2.61. The molecule has 2 rings (SSSR count). The third-order valence-corrected chi connectivity index (χ3v) is 4.99. The van der Waals surface area contributed by atoms with Crippen molar-refractivity contribution in [3.05, 3.63) is 0 Å². The number of quaternary nitrogens is 1. The Morgan fingerprint density at radius 1 is 1.29 bits per heavy atom. The summed E-state index contributed by atoms with van der Waals surface area (Å²) in [5.74, 6) is 0.501. The number of nitrogens with zero attached hydrogens (tertiary/aromatic N) is 2. The molecule has 1 spiro atoms. The Hall–Kier alpha value is -0.570. The van der Waals surface area contributed by atoms with Crippen LogP contribution < -0.4 is 0 Å². The van der Waals surface area contributed by atoms with Gasteiger partial charge in [-0.3, -0.25) is 4.79 Å². The highest BCUT2D eigenvalue weighted by Gasteiger charge is 2.49. The van der Waals surface area contributed by atoms with Crippen molar-refractivity contribution in [3.63, 3.8) is 0 Å². The van der Waals surface area contributed by atoms with E-state index >= 15 is 0 Å². The molecule has 1 amide bonds. The smallest absolute Gasteiger partial charge is 0.225 e. The van der Waals surface area contributed by atoms with Gasteiger partial charge in [-0.2, -0.15) is 0 Å². The lowest BCUT2D eigenvalue weighted by Crippen LogP contribution is -2.65. The Balaban J connectivity index is 1.86. The van der Waals surface area contributed by atoms with Crippen LogP contribution in [-0.2, 0) is 4.79 Å². The summed E-state index contributed by atoms with van der Waals surface area (Å²) in [6.45, 7) is 12.2. The standard InChI is InChI=1S/C14H27N2O/c1-5-16(4)8-6-14(7-9-16)10-15(11-14)13(17)12(2)3/h12H,5-11H2,1-4H3/q+1. The van der Waals surface area contributed by atoms with Crippen LogP contribution in [0.2, 0.25) is 0 Å². The van der Waals surface area contributed by atoms with Gasteiger partial charge in [0, 0.05) is 37.3 Å². The van der Waals surface area contributed by atoms with E-state index in [1.165, 1.54) is 37.0 Å². The Bertz CT molecular complexity index is 295. The van der Waals surface area contributed by atoms with E-state index in [1.807, 2.05) is 13.8 Å². The number of hydrogen-bond donors (Lipinski definition) is 0. The molecule has 0 N–H and O–H groups in total. The largest absolute Gasteiger partial charge is 0.341 e. The molecule has 0 aromatic rings. The summed E-state index contributed by atoms with van der Waals surface area (Å²) < 4.78 is 1.22. The zero-order valence-electron chi connectivity index (χ0n) is 11.8. The number of likely N-dealkylation sites (tertiary alicyclic amines) is 2. The van der Waals surface area contributed by atoms with E-state index in [0.717, 1.165) is 13.1 Å². The summed E-state index contributed by atoms with van der Waals surface area (Å²) in [4.78, 5) is 13.9. The molecule has 0 radical (unpaired) electrons. The van der Waals surface area contributed by atoms with E-state index in [1.54, 1.807) is 0 Å². The van der Waals surface area contributed by atoms with Crippen molar-refractivity contribution in [3.8, 4) is 0 Å². The molecule has 3 nitrogen and oxygen atoms in total. The summed E-state index contributed by atoms with van der Waals surface area (Å²) in [5.41, 5.74) is 0.484. The maximum atomic E-state index is 11.9. The molecular weight excluding hydrogens is 212 g/mol. The zero-order valence-corrected chi connectivity index (χ0v) is 11.8. The van der Waals surface area contributed by atoms with Gasteiger partial charge < -0.3 is 9.38 Å². The monoisotopic (exact) mass is 239 g/mol. The highest BCUT2D eigenvalue weighted by Crippen LogP contribution is 2.42. The van der Waals surface area contributed by atoms with Gasteiger partial charge in [0.1, 0.15) is 0 Å². The first-order valence-corrected chi connectivity index (χ1v) is 7.02. The number of piperidine rings is 1. The molecule has 0 atom stereocenters. The average molecular weight is 239 g/mol. The first-order chi connectivity index (χ1) is 7.90. The highest BCUT2D eigenvalue weighted by atomic mass is 16.2. The second-order valence-electron chi connectivity index (χ2n) is 6.73. The van der Waals surface area contributed by atoms with Gasteiger partial charge >= 0.3 is 0 Å². The number of carbonyl (C=O) groups excluding carboxylic acids is 1. The number of carbonyl (C=O) groups is 1. The van der Waals surface area contributed by atoms with Crippen LogP contribution in [0.4, 0.5) is 0 Å². The molecule has 0 bridgehead atoms. The molecule has 0 aromatic heterocycles. The van der Waals surface area contributed by atoms with Crippen molar-refractivity contribution in [2.24, 2.45) is 11.3 Å². The van der Waals surface area contributed by atoms with Gasteiger partial charge in [-0.15, -0.1) is 0 Å².